The van der Waals surface area contributed by atoms with Crippen molar-refractivity contribution in [3.63, 3.8) is 0 Å². The summed E-state index contributed by atoms with van der Waals surface area (Å²) in [4.78, 5) is 2.35. The van der Waals surface area contributed by atoms with Crippen molar-refractivity contribution in [3.05, 3.63) is 212 Å². The Bertz CT molecular complexity index is 2910. The average Bonchev–Trinajstić information content (AvgIpc) is 3.64. The van der Waals surface area contributed by atoms with E-state index >= 15 is 0 Å². The van der Waals surface area contributed by atoms with E-state index in [0.717, 1.165) is 50.5 Å². The third kappa shape index (κ3) is 5.62. The summed E-state index contributed by atoms with van der Waals surface area (Å²) in [7, 11) is 0. The molecule has 1 heterocycles. The zero-order valence-corrected chi connectivity index (χ0v) is 29.6. The summed E-state index contributed by atoms with van der Waals surface area (Å²) in [6.07, 6.45) is 0. The Hall–Kier alpha value is -7.16. The summed E-state index contributed by atoms with van der Waals surface area (Å²) in [5.41, 5.74) is 12.0. The molecule has 0 saturated heterocycles. The van der Waals surface area contributed by atoms with Gasteiger partial charge in [-0.25, -0.2) is 0 Å². The van der Waals surface area contributed by atoms with E-state index in [2.05, 4.69) is 211 Å². The van der Waals surface area contributed by atoms with Crippen molar-refractivity contribution in [1.29, 1.82) is 0 Å². The maximum atomic E-state index is 6.79. The van der Waals surface area contributed by atoms with E-state index in [4.69, 9.17) is 4.42 Å². The number of furan rings is 1. The molecule has 1 aromatic heterocycles. The molecule has 0 radical (unpaired) electrons. The van der Waals surface area contributed by atoms with Crippen molar-refractivity contribution >= 4 is 49.6 Å². The standard InChI is InChI=1S/C52H35NO/c1-3-13-36(14-4-1)37-25-30-43(31-26-37)53(44-32-27-38(28-33-44)41-29-34-46-42(35-41)24-23-39-15-7-8-18-45(39)46)49-21-11-9-19-47(49)52-51(40-16-5-2-6-17-40)48-20-10-12-22-50(48)54-52/h1-35H. The van der Waals surface area contributed by atoms with Gasteiger partial charge in [0.05, 0.1) is 5.69 Å². The molecule has 10 aromatic rings. The van der Waals surface area contributed by atoms with Gasteiger partial charge in [-0.2, -0.15) is 0 Å². The van der Waals surface area contributed by atoms with Crippen LogP contribution in [0.4, 0.5) is 17.1 Å². The van der Waals surface area contributed by atoms with E-state index in [1.165, 1.54) is 43.8 Å². The molecule has 2 heteroatoms. The van der Waals surface area contributed by atoms with Crippen LogP contribution in [-0.2, 0) is 0 Å². The van der Waals surface area contributed by atoms with E-state index in [-0.39, 0.29) is 0 Å². The zero-order chi connectivity index (χ0) is 35.8. The van der Waals surface area contributed by atoms with Gasteiger partial charge in [-0.05, 0) is 97.9 Å². The molecule has 254 valence electrons. The first-order valence-corrected chi connectivity index (χ1v) is 18.4. The Morgan fingerprint density at radius 2 is 0.852 bits per heavy atom. The molecule has 0 aliphatic rings. The predicted molar refractivity (Wildman–Crippen MR) is 228 cm³/mol. The van der Waals surface area contributed by atoms with Crippen molar-refractivity contribution in [1.82, 2.24) is 0 Å². The highest BCUT2D eigenvalue weighted by Gasteiger charge is 2.23. The minimum atomic E-state index is 0.851. The fraction of sp³-hybridized carbons (Fsp3) is 0. The van der Waals surface area contributed by atoms with Crippen LogP contribution in [0.2, 0.25) is 0 Å². The molecule has 0 amide bonds. The van der Waals surface area contributed by atoms with Crippen molar-refractivity contribution in [2.24, 2.45) is 0 Å². The third-order valence-corrected chi connectivity index (χ3v) is 10.5. The molecule has 0 spiro atoms. The molecule has 0 atom stereocenters. The minimum Gasteiger partial charge on any atom is -0.455 e. The third-order valence-electron chi connectivity index (χ3n) is 10.5. The van der Waals surface area contributed by atoms with Gasteiger partial charge in [0.1, 0.15) is 11.3 Å². The maximum absolute atomic E-state index is 6.79. The summed E-state index contributed by atoms with van der Waals surface area (Å²) in [5, 5.41) is 6.15. The van der Waals surface area contributed by atoms with E-state index in [9.17, 15) is 0 Å². The number of fused-ring (bicyclic) bond motifs is 4. The summed E-state index contributed by atoms with van der Waals surface area (Å²) < 4.78 is 6.79. The highest BCUT2D eigenvalue weighted by molar-refractivity contribution is 6.08. The van der Waals surface area contributed by atoms with Crippen LogP contribution >= 0.6 is 0 Å². The van der Waals surface area contributed by atoms with Crippen LogP contribution in [-0.4, -0.2) is 0 Å². The van der Waals surface area contributed by atoms with Gasteiger partial charge in [0, 0.05) is 27.9 Å². The van der Waals surface area contributed by atoms with Gasteiger partial charge in [-0.15, -0.1) is 0 Å². The fourth-order valence-electron chi connectivity index (χ4n) is 7.84. The smallest absolute Gasteiger partial charge is 0.145 e. The van der Waals surface area contributed by atoms with Crippen LogP contribution in [0.1, 0.15) is 0 Å². The van der Waals surface area contributed by atoms with Gasteiger partial charge in [0.2, 0.25) is 0 Å². The second kappa shape index (κ2) is 13.4. The molecule has 0 unspecified atom stereocenters. The summed E-state index contributed by atoms with van der Waals surface area (Å²) in [5.74, 6) is 0.851. The van der Waals surface area contributed by atoms with E-state index in [1.54, 1.807) is 0 Å². The summed E-state index contributed by atoms with van der Waals surface area (Å²) in [6, 6.07) is 75.7. The number of para-hydroxylation sites is 2. The normalized spacial score (nSPS) is 11.3. The van der Waals surface area contributed by atoms with Gasteiger partial charge in [0.15, 0.2) is 0 Å². The lowest BCUT2D eigenvalue weighted by molar-refractivity contribution is 0.632. The first-order valence-electron chi connectivity index (χ1n) is 18.4. The van der Waals surface area contributed by atoms with Crippen molar-refractivity contribution < 1.29 is 4.42 Å². The molecule has 0 N–H and O–H groups in total. The molecule has 9 aromatic carbocycles. The number of anilines is 3. The van der Waals surface area contributed by atoms with Crippen molar-refractivity contribution in [2.45, 2.75) is 0 Å². The SMILES string of the molecule is c1ccc(-c2ccc(N(c3ccc(-c4ccc5c(ccc6ccccc65)c4)cc3)c3ccccc3-c3oc4ccccc4c3-c3ccccc3)cc2)cc1. The lowest BCUT2D eigenvalue weighted by Gasteiger charge is -2.28. The molecule has 10 rings (SSSR count). The number of hydrogen-bond acceptors (Lipinski definition) is 2. The molecule has 0 fully saturated rings. The van der Waals surface area contributed by atoms with Gasteiger partial charge < -0.3 is 9.32 Å². The summed E-state index contributed by atoms with van der Waals surface area (Å²) in [6.45, 7) is 0. The quantitative estimate of drug-likeness (QED) is 0.155. The van der Waals surface area contributed by atoms with Gasteiger partial charge in [-0.3, -0.25) is 0 Å². The number of nitrogens with zero attached hydrogens (tertiary/aromatic N) is 1. The predicted octanol–water partition coefficient (Wildman–Crippen LogP) is 14.9. The van der Waals surface area contributed by atoms with Crippen LogP contribution in [0.15, 0.2) is 217 Å². The molecular formula is C52H35NO. The van der Waals surface area contributed by atoms with Crippen molar-refractivity contribution in [3.8, 4) is 44.7 Å². The van der Waals surface area contributed by atoms with Crippen LogP contribution in [0, 0.1) is 0 Å². The molecular weight excluding hydrogens is 655 g/mol. The Balaban J connectivity index is 1.12. The minimum absolute atomic E-state index is 0.851. The Labute approximate surface area is 314 Å². The number of rotatable bonds is 7. The molecule has 0 saturated carbocycles. The highest BCUT2D eigenvalue weighted by atomic mass is 16.3. The zero-order valence-electron chi connectivity index (χ0n) is 29.6. The molecule has 0 bridgehead atoms. The Morgan fingerprint density at radius 1 is 0.333 bits per heavy atom. The van der Waals surface area contributed by atoms with Crippen LogP contribution in [0.5, 0.6) is 0 Å². The van der Waals surface area contributed by atoms with Crippen LogP contribution in [0.3, 0.4) is 0 Å². The van der Waals surface area contributed by atoms with E-state index in [1.807, 2.05) is 6.07 Å². The van der Waals surface area contributed by atoms with E-state index < -0.39 is 0 Å². The Kier molecular flexibility index (Phi) is 7.85. The van der Waals surface area contributed by atoms with Gasteiger partial charge in [-0.1, -0.05) is 164 Å². The molecule has 54 heavy (non-hydrogen) atoms. The average molecular weight is 690 g/mol. The second-order valence-electron chi connectivity index (χ2n) is 13.7. The highest BCUT2D eigenvalue weighted by Crippen LogP contribution is 2.47. The second-order valence-corrected chi connectivity index (χ2v) is 13.7. The van der Waals surface area contributed by atoms with Crippen molar-refractivity contribution in [2.75, 3.05) is 4.90 Å². The number of hydrogen-bond donors (Lipinski definition) is 0. The molecule has 0 aliphatic carbocycles. The molecule has 2 nitrogen and oxygen atoms in total. The molecule has 0 aliphatic heterocycles. The monoisotopic (exact) mass is 689 g/mol. The maximum Gasteiger partial charge on any atom is 0.145 e. The van der Waals surface area contributed by atoms with Crippen LogP contribution in [0.25, 0.3) is 77.2 Å². The number of benzene rings is 9. The Morgan fingerprint density at radius 3 is 1.59 bits per heavy atom. The lowest BCUT2D eigenvalue weighted by Crippen LogP contribution is -2.11. The van der Waals surface area contributed by atoms with Gasteiger partial charge >= 0.3 is 0 Å². The first-order chi connectivity index (χ1) is 26.8. The fourth-order valence-corrected chi connectivity index (χ4v) is 7.84. The largest absolute Gasteiger partial charge is 0.455 e. The van der Waals surface area contributed by atoms with Gasteiger partial charge in [0.25, 0.3) is 0 Å². The lowest BCUT2D eigenvalue weighted by atomic mass is 9.96. The summed E-state index contributed by atoms with van der Waals surface area (Å²) >= 11 is 0. The van der Waals surface area contributed by atoms with Crippen LogP contribution < -0.4 is 4.90 Å². The topological polar surface area (TPSA) is 16.4 Å². The van der Waals surface area contributed by atoms with E-state index in [0.29, 0.717) is 0 Å². The first kappa shape index (κ1) is 31.6.